The Hall–Kier alpha value is -2.28. The topological polar surface area (TPSA) is 59.3 Å². The number of carbonyl (C=O) groups is 1. The maximum Gasteiger partial charge on any atom is 0.348 e. The Morgan fingerprint density at radius 2 is 2.10 bits per heavy atom. The summed E-state index contributed by atoms with van der Waals surface area (Å²) in [5.74, 6) is 0.430. The number of nitrogens with zero attached hydrogens (tertiary/aromatic N) is 1. The van der Waals surface area contributed by atoms with E-state index < -0.39 is 5.97 Å². The van der Waals surface area contributed by atoms with Crippen molar-refractivity contribution in [2.75, 3.05) is 13.2 Å². The summed E-state index contributed by atoms with van der Waals surface area (Å²) in [4.78, 5) is 11.6. The molecule has 0 saturated carbocycles. The first-order chi connectivity index (χ1) is 9.58. The van der Waals surface area contributed by atoms with Gasteiger partial charge in [0.15, 0.2) is 0 Å². The summed E-state index contributed by atoms with van der Waals surface area (Å²) >= 11 is 0. The Morgan fingerprint density at radius 1 is 1.40 bits per heavy atom. The predicted octanol–water partition coefficient (Wildman–Crippen LogP) is 3.19. The standard InChI is InChI=1S/C16H19NO3/c1-4-19-16(18)14(10-17)9-13-7-5-6-8-15(13)20-11-12(2)3/h5-9,12H,4,11H2,1-3H3/b14-9-. The van der Waals surface area contributed by atoms with Gasteiger partial charge in [0, 0.05) is 5.56 Å². The van der Waals surface area contributed by atoms with Crippen molar-refractivity contribution >= 4 is 12.0 Å². The summed E-state index contributed by atoms with van der Waals surface area (Å²) in [6.45, 7) is 6.62. The number of nitriles is 1. The highest BCUT2D eigenvalue weighted by atomic mass is 16.5. The van der Waals surface area contributed by atoms with Crippen LogP contribution in [0.2, 0.25) is 0 Å². The molecule has 0 fully saturated rings. The predicted molar refractivity (Wildman–Crippen MR) is 77.0 cm³/mol. The zero-order valence-corrected chi connectivity index (χ0v) is 12.1. The SMILES string of the molecule is CCOC(=O)/C(C#N)=C\c1ccccc1OCC(C)C. The van der Waals surface area contributed by atoms with Crippen LogP contribution in [0.25, 0.3) is 6.08 Å². The molecule has 106 valence electrons. The van der Waals surface area contributed by atoms with Crippen molar-refractivity contribution in [3.8, 4) is 11.8 Å². The van der Waals surface area contributed by atoms with Crippen LogP contribution in [0.3, 0.4) is 0 Å². The van der Waals surface area contributed by atoms with Crippen molar-refractivity contribution in [3.05, 3.63) is 35.4 Å². The number of ether oxygens (including phenoxy) is 2. The van der Waals surface area contributed by atoms with Gasteiger partial charge in [0.25, 0.3) is 0 Å². The van der Waals surface area contributed by atoms with Gasteiger partial charge in [0.1, 0.15) is 17.4 Å². The van der Waals surface area contributed by atoms with Crippen LogP contribution in [0.4, 0.5) is 0 Å². The molecule has 0 aliphatic rings. The Bertz CT molecular complexity index is 527. The van der Waals surface area contributed by atoms with Gasteiger partial charge in [0.2, 0.25) is 0 Å². The molecule has 1 aromatic rings. The van der Waals surface area contributed by atoms with Gasteiger partial charge in [-0.25, -0.2) is 4.79 Å². The molecule has 0 aliphatic carbocycles. The third-order valence-corrected chi connectivity index (χ3v) is 2.41. The summed E-state index contributed by atoms with van der Waals surface area (Å²) in [6.07, 6.45) is 1.49. The van der Waals surface area contributed by atoms with Crippen LogP contribution in [0.5, 0.6) is 5.75 Å². The lowest BCUT2D eigenvalue weighted by Gasteiger charge is -2.11. The Kier molecular flexibility index (Phi) is 6.31. The largest absolute Gasteiger partial charge is 0.493 e. The van der Waals surface area contributed by atoms with Crippen LogP contribution in [-0.4, -0.2) is 19.2 Å². The molecular formula is C16H19NO3. The average Bonchev–Trinajstić information content (AvgIpc) is 2.43. The molecule has 4 heteroatoms. The maximum atomic E-state index is 11.6. The number of hydrogen-bond acceptors (Lipinski definition) is 4. The van der Waals surface area contributed by atoms with Gasteiger partial charge >= 0.3 is 5.97 Å². The average molecular weight is 273 g/mol. The van der Waals surface area contributed by atoms with E-state index >= 15 is 0 Å². The quantitative estimate of drug-likeness (QED) is 0.453. The van der Waals surface area contributed by atoms with E-state index in [1.165, 1.54) is 6.08 Å². The van der Waals surface area contributed by atoms with E-state index in [1.807, 2.05) is 24.3 Å². The van der Waals surface area contributed by atoms with Crippen LogP contribution < -0.4 is 4.74 Å². The molecule has 4 nitrogen and oxygen atoms in total. The normalized spacial score (nSPS) is 11.1. The summed E-state index contributed by atoms with van der Waals surface area (Å²) < 4.78 is 10.5. The molecule has 0 amide bonds. The van der Waals surface area contributed by atoms with Gasteiger partial charge in [-0.3, -0.25) is 0 Å². The van der Waals surface area contributed by atoms with Gasteiger partial charge in [-0.05, 0) is 25.0 Å². The second-order valence-corrected chi connectivity index (χ2v) is 4.63. The highest BCUT2D eigenvalue weighted by molar-refractivity contribution is 5.98. The highest BCUT2D eigenvalue weighted by Crippen LogP contribution is 2.21. The van der Waals surface area contributed by atoms with Gasteiger partial charge < -0.3 is 9.47 Å². The van der Waals surface area contributed by atoms with E-state index in [4.69, 9.17) is 14.7 Å². The van der Waals surface area contributed by atoms with Crippen LogP contribution in [-0.2, 0) is 9.53 Å². The highest BCUT2D eigenvalue weighted by Gasteiger charge is 2.11. The fourth-order valence-electron chi connectivity index (χ4n) is 1.49. The minimum atomic E-state index is -0.617. The first-order valence-electron chi connectivity index (χ1n) is 6.59. The summed E-state index contributed by atoms with van der Waals surface area (Å²) in [5.41, 5.74) is 0.658. The molecule has 20 heavy (non-hydrogen) atoms. The smallest absolute Gasteiger partial charge is 0.348 e. The van der Waals surface area contributed by atoms with E-state index in [1.54, 1.807) is 13.0 Å². The molecule has 1 rings (SSSR count). The molecule has 0 spiro atoms. The van der Waals surface area contributed by atoms with Crippen molar-refractivity contribution in [2.24, 2.45) is 5.92 Å². The molecule has 0 heterocycles. The number of para-hydroxylation sites is 1. The molecule has 0 bridgehead atoms. The van der Waals surface area contributed by atoms with E-state index in [2.05, 4.69) is 13.8 Å². The first-order valence-corrected chi connectivity index (χ1v) is 6.59. The van der Waals surface area contributed by atoms with Crippen LogP contribution >= 0.6 is 0 Å². The Balaban J connectivity index is 3.00. The number of benzene rings is 1. The Morgan fingerprint density at radius 3 is 2.70 bits per heavy atom. The van der Waals surface area contributed by atoms with Crippen molar-refractivity contribution in [1.82, 2.24) is 0 Å². The fraction of sp³-hybridized carbons (Fsp3) is 0.375. The second-order valence-electron chi connectivity index (χ2n) is 4.63. The summed E-state index contributed by atoms with van der Waals surface area (Å²) in [5, 5.41) is 9.03. The fourth-order valence-corrected chi connectivity index (χ4v) is 1.49. The monoisotopic (exact) mass is 273 g/mol. The van der Waals surface area contributed by atoms with Gasteiger partial charge in [-0.1, -0.05) is 32.0 Å². The van der Waals surface area contributed by atoms with Gasteiger partial charge in [-0.2, -0.15) is 5.26 Å². The molecule has 1 aromatic carbocycles. The molecule has 0 N–H and O–H groups in total. The second kappa shape index (κ2) is 8.00. The summed E-state index contributed by atoms with van der Waals surface area (Å²) in [7, 11) is 0. The molecule has 0 saturated heterocycles. The van der Waals surface area contributed by atoms with Crippen molar-refractivity contribution in [1.29, 1.82) is 5.26 Å². The Labute approximate surface area is 119 Å². The van der Waals surface area contributed by atoms with Gasteiger partial charge in [-0.15, -0.1) is 0 Å². The van der Waals surface area contributed by atoms with E-state index in [0.717, 1.165) is 0 Å². The van der Waals surface area contributed by atoms with E-state index in [9.17, 15) is 4.79 Å². The molecule has 0 aromatic heterocycles. The number of esters is 1. The van der Waals surface area contributed by atoms with Crippen molar-refractivity contribution in [3.63, 3.8) is 0 Å². The van der Waals surface area contributed by atoms with E-state index in [0.29, 0.717) is 23.8 Å². The lowest BCUT2D eigenvalue weighted by molar-refractivity contribution is -0.137. The lowest BCUT2D eigenvalue weighted by Crippen LogP contribution is -2.07. The van der Waals surface area contributed by atoms with E-state index in [-0.39, 0.29) is 12.2 Å². The minimum Gasteiger partial charge on any atom is -0.493 e. The minimum absolute atomic E-state index is 0.0348. The first kappa shape index (κ1) is 15.8. The summed E-state index contributed by atoms with van der Waals surface area (Å²) in [6, 6.07) is 9.15. The lowest BCUT2D eigenvalue weighted by atomic mass is 10.1. The number of hydrogen-bond donors (Lipinski definition) is 0. The number of carbonyl (C=O) groups excluding carboxylic acids is 1. The number of rotatable bonds is 6. The molecule has 0 radical (unpaired) electrons. The zero-order valence-electron chi connectivity index (χ0n) is 12.1. The van der Waals surface area contributed by atoms with Crippen LogP contribution in [0.1, 0.15) is 26.3 Å². The van der Waals surface area contributed by atoms with Crippen molar-refractivity contribution in [2.45, 2.75) is 20.8 Å². The van der Waals surface area contributed by atoms with Crippen molar-refractivity contribution < 1.29 is 14.3 Å². The molecule has 0 aliphatic heterocycles. The third-order valence-electron chi connectivity index (χ3n) is 2.41. The maximum absolute atomic E-state index is 11.6. The zero-order chi connectivity index (χ0) is 15.0. The van der Waals surface area contributed by atoms with Crippen LogP contribution in [0, 0.1) is 17.2 Å². The third kappa shape index (κ3) is 4.77. The van der Waals surface area contributed by atoms with Crippen LogP contribution in [0.15, 0.2) is 29.8 Å². The molecule has 0 unspecified atom stereocenters. The molecular weight excluding hydrogens is 254 g/mol. The molecule has 0 atom stereocenters. The van der Waals surface area contributed by atoms with Gasteiger partial charge in [0.05, 0.1) is 13.2 Å².